The zero-order valence-electron chi connectivity index (χ0n) is 12.2. The number of rotatable bonds is 9. The predicted octanol–water partition coefficient (Wildman–Crippen LogP) is 0.908. The first-order valence-electron chi connectivity index (χ1n) is 6.78. The van der Waals surface area contributed by atoms with Crippen molar-refractivity contribution >= 4 is 23.4 Å². The Balaban J connectivity index is 3.19. The van der Waals surface area contributed by atoms with E-state index in [1.54, 1.807) is 0 Å². The Labute approximate surface area is 122 Å². The molecule has 0 aromatic carbocycles. The van der Waals surface area contributed by atoms with Gasteiger partial charge in [-0.25, -0.2) is 4.98 Å². The molecule has 0 aliphatic carbocycles. The summed E-state index contributed by atoms with van der Waals surface area (Å²) in [7, 11) is 0. The summed E-state index contributed by atoms with van der Waals surface area (Å²) in [6.45, 7) is 4.78. The number of aromatic nitrogens is 2. The van der Waals surface area contributed by atoms with Crippen LogP contribution in [0.15, 0.2) is 6.20 Å². The van der Waals surface area contributed by atoms with Crippen molar-refractivity contribution in [2.45, 2.75) is 26.7 Å². The standard InChI is InChI=1S/C12H20N6O3/c1-3-5-6-17(8-10(13)19)11-9(18(20)21)7-15-12(16-11)14-4-2/h7H,3-6,8H2,1-2H3,(H2,13,19)(H,14,15,16). The summed E-state index contributed by atoms with van der Waals surface area (Å²) in [5.41, 5.74) is 4.97. The molecule has 0 unspecified atom stereocenters. The molecule has 1 aromatic rings. The minimum absolute atomic E-state index is 0.109. The molecule has 1 aromatic heterocycles. The van der Waals surface area contributed by atoms with Gasteiger partial charge in [0.25, 0.3) is 0 Å². The fourth-order valence-corrected chi connectivity index (χ4v) is 1.77. The van der Waals surface area contributed by atoms with E-state index in [0.717, 1.165) is 19.0 Å². The summed E-state index contributed by atoms with van der Waals surface area (Å²) in [5, 5.41) is 14.0. The number of nitrogens with zero attached hydrogens (tertiary/aromatic N) is 4. The van der Waals surface area contributed by atoms with Crippen LogP contribution in [0.25, 0.3) is 0 Å². The quantitative estimate of drug-likeness (QED) is 0.512. The number of amides is 1. The Hall–Kier alpha value is -2.45. The lowest BCUT2D eigenvalue weighted by Gasteiger charge is -2.21. The van der Waals surface area contributed by atoms with Gasteiger partial charge in [-0.15, -0.1) is 0 Å². The first-order valence-corrected chi connectivity index (χ1v) is 6.78. The maximum atomic E-state index is 11.2. The molecule has 3 N–H and O–H groups in total. The third kappa shape index (κ3) is 4.86. The molecule has 0 aliphatic heterocycles. The van der Waals surface area contributed by atoms with Crippen LogP contribution < -0.4 is 16.0 Å². The number of primary amides is 1. The first-order chi connectivity index (χ1) is 9.99. The van der Waals surface area contributed by atoms with Crippen LogP contribution >= 0.6 is 0 Å². The highest BCUT2D eigenvalue weighted by Gasteiger charge is 2.23. The third-order valence-electron chi connectivity index (χ3n) is 2.71. The number of hydrogen-bond donors (Lipinski definition) is 2. The van der Waals surface area contributed by atoms with E-state index in [2.05, 4.69) is 15.3 Å². The smallest absolute Gasteiger partial charge is 0.329 e. The Morgan fingerprint density at radius 2 is 2.24 bits per heavy atom. The molecule has 1 amide bonds. The van der Waals surface area contributed by atoms with Crippen LogP contribution in [0.3, 0.4) is 0 Å². The number of unbranched alkanes of at least 4 members (excludes halogenated alkanes) is 1. The van der Waals surface area contributed by atoms with E-state index in [-0.39, 0.29) is 24.0 Å². The van der Waals surface area contributed by atoms with Gasteiger partial charge in [0.1, 0.15) is 6.20 Å². The maximum Gasteiger partial charge on any atom is 0.329 e. The van der Waals surface area contributed by atoms with Crippen LogP contribution in [-0.4, -0.2) is 40.4 Å². The molecule has 0 spiro atoms. The lowest BCUT2D eigenvalue weighted by molar-refractivity contribution is -0.384. The fourth-order valence-electron chi connectivity index (χ4n) is 1.77. The lowest BCUT2D eigenvalue weighted by Crippen LogP contribution is -2.35. The van der Waals surface area contributed by atoms with Crippen LogP contribution in [-0.2, 0) is 4.79 Å². The summed E-state index contributed by atoms with van der Waals surface area (Å²) < 4.78 is 0. The lowest BCUT2D eigenvalue weighted by atomic mass is 10.3. The molecule has 21 heavy (non-hydrogen) atoms. The van der Waals surface area contributed by atoms with Crippen molar-refractivity contribution in [1.29, 1.82) is 0 Å². The minimum atomic E-state index is -0.566. The number of carbonyl (C=O) groups is 1. The fraction of sp³-hybridized carbons (Fsp3) is 0.583. The Morgan fingerprint density at radius 1 is 1.52 bits per heavy atom. The monoisotopic (exact) mass is 296 g/mol. The Morgan fingerprint density at radius 3 is 2.76 bits per heavy atom. The molecule has 1 rings (SSSR count). The molecule has 9 heteroatoms. The van der Waals surface area contributed by atoms with Crippen molar-refractivity contribution in [3.8, 4) is 0 Å². The number of hydrogen-bond acceptors (Lipinski definition) is 7. The van der Waals surface area contributed by atoms with E-state index in [1.165, 1.54) is 4.90 Å². The molecule has 0 bridgehead atoms. The van der Waals surface area contributed by atoms with Crippen molar-refractivity contribution in [3.05, 3.63) is 16.3 Å². The zero-order valence-corrected chi connectivity index (χ0v) is 12.2. The van der Waals surface area contributed by atoms with Gasteiger partial charge in [0.2, 0.25) is 17.7 Å². The molecule has 116 valence electrons. The second-order valence-corrected chi connectivity index (χ2v) is 4.43. The second-order valence-electron chi connectivity index (χ2n) is 4.43. The normalized spacial score (nSPS) is 10.2. The Bertz CT molecular complexity index is 508. The number of nitrogens with one attached hydrogen (secondary N) is 1. The van der Waals surface area contributed by atoms with Gasteiger partial charge in [0.05, 0.1) is 11.5 Å². The molecular formula is C12H20N6O3. The highest BCUT2D eigenvalue weighted by Crippen LogP contribution is 2.26. The molecule has 0 aliphatic rings. The molecule has 9 nitrogen and oxygen atoms in total. The summed E-state index contributed by atoms with van der Waals surface area (Å²) in [6.07, 6.45) is 2.79. The molecule has 0 radical (unpaired) electrons. The molecule has 0 saturated heterocycles. The van der Waals surface area contributed by atoms with Crippen LogP contribution in [0, 0.1) is 10.1 Å². The SMILES string of the molecule is CCCCN(CC(N)=O)c1nc(NCC)ncc1[N+](=O)[O-]. The average molecular weight is 296 g/mol. The summed E-state index contributed by atoms with van der Waals surface area (Å²) in [5.74, 6) is -0.175. The predicted molar refractivity (Wildman–Crippen MR) is 79.2 cm³/mol. The summed E-state index contributed by atoms with van der Waals surface area (Å²) in [4.78, 5) is 31.3. The van der Waals surface area contributed by atoms with Gasteiger partial charge >= 0.3 is 5.69 Å². The third-order valence-corrected chi connectivity index (χ3v) is 2.71. The van der Waals surface area contributed by atoms with Crippen molar-refractivity contribution in [3.63, 3.8) is 0 Å². The zero-order chi connectivity index (χ0) is 15.8. The van der Waals surface area contributed by atoms with Gasteiger partial charge in [0.15, 0.2) is 0 Å². The van der Waals surface area contributed by atoms with Gasteiger partial charge in [0, 0.05) is 13.1 Å². The molecule has 0 fully saturated rings. The number of anilines is 2. The number of carbonyl (C=O) groups excluding carboxylic acids is 1. The summed E-state index contributed by atoms with van der Waals surface area (Å²) in [6, 6.07) is 0. The molecule has 0 saturated carbocycles. The largest absolute Gasteiger partial charge is 0.368 e. The summed E-state index contributed by atoms with van der Waals surface area (Å²) >= 11 is 0. The Kier molecular flexibility index (Phi) is 6.31. The van der Waals surface area contributed by atoms with E-state index in [4.69, 9.17) is 5.73 Å². The van der Waals surface area contributed by atoms with E-state index in [9.17, 15) is 14.9 Å². The van der Waals surface area contributed by atoms with Gasteiger partial charge < -0.3 is 16.0 Å². The van der Waals surface area contributed by atoms with Crippen LogP contribution in [0.5, 0.6) is 0 Å². The van der Waals surface area contributed by atoms with E-state index >= 15 is 0 Å². The minimum Gasteiger partial charge on any atom is -0.368 e. The van der Waals surface area contributed by atoms with E-state index < -0.39 is 10.8 Å². The molecule has 0 atom stereocenters. The topological polar surface area (TPSA) is 127 Å². The molecule has 1 heterocycles. The van der Waals surface area contributed by atoms with Gasteiger partial charge in [-0.1, -0.05) is 13.3 Å². The van der Waals surface area contributed by atoms with Crippen LogP contribution in [0.1, 0.15) is 26.7 Å². The van der Waals surface area contributed by atoms with Crippen LogP contribution in [0.4, 0.5) is 17.5 Å². The number of nitrogens with two attached hydrogens (primary N) is 1. The van der Waals surface area contributed by atoms with Gasteiger partial charge in [-0.3, -0.25) is 14.9 Å². The first kappa shape index (κ1) is 16.6. The van der Waals surface area contributed by atoms with E-state index in [0.29, 0.717) is 13.1 Å². The second kappa shape index (κ2) is 7.98. The van der Waals surface area contributed by atoms with Crippen molar-refractivity contribution in [1.82, 2.24) is 9.97 Å². The van der Waals surface area contributed by atoms with Crippen LogP contribution in [0.2, 0.25) is 0 Å². The van der Waals surface area contributed by atoms with Gasteiger partial charge in [-0.05, 0) is 13.3 Å². The van der Waals surface area contributed by atoms with Crippen molar-refractivity contribution in [2.75, 3.05) is 29.9 Å². The van der Waals surface area contributed by atoms with E-state index in [1.807, 2.05) is 13.8 Å². The molecular weight excluding hydrogens is 276 g/mol. The van der Waals surface area contributed by atoms with Gasteiger partial charge in [-0.2, -0.15) is 4.98 Å². The highest BCUT2D eigenvalue weighted by molar-refractivity contribution is 5.80. The van der Waals surface area contributed by atoms with Crippen molar-refractivity contribution < 1.29 is 9.72 Å². The highest BCUT2D eigenvalue weighted by atomic mass is 16.6. The van der Waals surface area contributed by atoms with Crippen molar-refractivity contribution in [2.24, 2.45) is 5.73 Å². The number of nitro groups is 1. The average Bonchev–Trinajstić information content (AvgIpc) is 2.43. The maximum absolute atomic E-state index is 11.2.